The van der Waals surface area contributed by atoms with E-state index in [1.165, 1.54) is 0 Å². The molecule has 4 rings (SSSR count). The number of rotatable bonds is 6. The molecule has 0 bridgehead atoms. The molecule has 0 radical (unpaired) electrons. The first-order chi connectivity index (χ1) is 15.0. The van der Waals surface area contributed by atoms with E-state index < -0.39 is 0 Å². The Morgan fingerprint density at radius 2 is 1.94 bits per heavy atom. The van der Waals surface area contributed by atoms with Crippen LogP contribution in [0, 0.1) is 12.8 Å². The number of hydrogen-bond acceptors (Lipinski definition) is 5. The minimum atomic E-state index is -0.0832. The molecule has 1 saturated heterocycles. The molecule has 3 heterocycles. The highest BCUT2D eigenvalue weighted by Gasteiger charge is 2.24. The van der Waals surface area contributed by atoms with Gasteiger partial charge in [0.25, 0.3) is 0 Å². The van der Waals surface area contributed by atoms with Gasteiger partial charge in [-0.15, -0.1) is 0 Å². The third kappa shape index (κ3) is 4.83. The van der Waals surface area contributed by atoms with Crippen molar-refractivity contribution >= 4 is 11.6 Å². The number of nitrogens with zero attached hydrogens (tertiary/aromatic N) is 3. The second-order valence-electron chi connectivity index (χ2n) is 8.62. The van der Waals surface area contributed by atoms with Gasteiger partial charge in [0.15, 0.2) is 0 Å². The third-order valence-corrected chi connectivity index (χ3v) is 5.77. The number of carbonyl (C=O) groups is 1. The third-order valence-electron chi connectivity index (χ3n) is 5.77. The number of anilines is 1. The first-order valence-corrected chi connectivity index (χ1v) is 11.0. The van der Waals surface area contributed by atoms with Gasteiger partial charge in [0.1, 0.15) is 11.5 Å². The van der Waals surface area contributed by atoms with Gasteiger partial charge in [-0.05, 0) is 49.1 Å². The van der Waals surface area contributed by atoms with Crippen molar-refractivity contribution in [1.29, 1.82) is 0 Å². The lowest BCUT2D eigenvalue weighted by molar-refractivity contribution is 0.103. The normalized spacial score (nSPS) is 16.5. The average molecular weight is 415 g/mol. The van der Waals surface area contributed by atoms with Crippen molar-refractivity contribution in [3.05, 3.63) is 77.7 Å². The number of carbonyl (C=O) groups excluding carboxylic acids is 1. The Hall–Kier alpha value is -3.05. The maximum atomic E-state index is 13.6. The van der Waals surface area contributed by atoms with E-state index in [-0.39, 0.29) is 5.78 Å². The van der Waals surface area contributed by atoms with Crippen LogP contribution in [0.4, 0.5) is 5.82 Å². The molecule has 5 heteroatoms. The summed E-state index contributed by atoms with van der Waals surface area (Å²) in [7, 11) is 0. The Morgan fingerprint density at radius 3 is 2.68 bits per heavy atom. The lowest BCUT2D eigenvalue weighted by Crippen LogP contribution is -2.51. The van der Waals surface area contributed by atoms with Crippen LogP contribution in [-0.2, 0) is 0 Å². The predicted octanol–water partition coefficient (Wildman–Crippen LogP) is 4.51. The minimum absolute atomic E-state index is 0.0832. The van der Waals surface area contributed by atoms with Crippen LogP contribution in [0.5, 0.6) is 0 Å². The van der Waals surface area contributed by atoms with E-state index in [2.05, 4.69) is 29.0 Å². The number of nitrogens with one attached hydrogen (secondary N) is 1. The fourth-order valence-corrected chi connectivity index (χ4v) is 4.26. The first kappa shape index (κ1) is 21.2. The summed E-state index contributed by atoms with van der Waals surface area (Å²) in [5, 5.41) is 3.61. The molecule has 0 aliphatic carbocycles. The summed E-state index contributed by atoms with van der Waals surface area (Å²) in [6.07, 6.45) is 2.84. The van der Waals surface area contributed by atoms with E-state index in [0.29, 0.717) is 23.2 Å². The Morgan fingerprint density at radius 1 is 1.13 bits per heavy atom. The predicted molar refractivity (Wildman–Crippen MR) is 126 cm³/mol. The topological polar surface area (TPSA) is 58.1 Å². The van der Waals surface area contributed by atoms with Crippen LogP contribution in [0.3, 0.4) is 0 Å². The van der Waals surface area contributed by atoms with Crippen molar-refractivity contribution in [2.75, 3.05) is 24.5 Å². The van der Waals surface area contributed by atoms with Crippen LogP contribution in [0.15, 0.2) is 60.8 Å². The van der Waals surface area contributed by atoms with Gasteiger partial charge in [-0.1, -0.05) is 44.2 Å². The molecule has 160 valence electrons. The van der Waals surface area contributed by atoms with E-state index in [1.54, 1.807) is 12.3 Å². The summed E-state index contributed by atoms with van der Waals surface area (Å²) in [6, 6.07) is 18.1. The van der Waals surface area contributed by atoms with Gasteiger partial charge < -0.3 is 10.2 Å². The molecule has 1 aliphatic rings. The number of hydrogen-bond donors (Lipinski definition) is 1. The molecule has 0 unspecified atom stereocenters. The molecular formula is C26H30N4O. The molecule has 3 aromatic rings. The van der Waals surface area contributed by atoms with Gasteiger partial charge in [0.2, 0.25) is 5.78 Å². The van der Waals surface area contributed by atoms with Gasteiger partial charge in [-0.25, -0.2) is 4.98 Å². The van der Waals surface area contributed by atoms with Gasteiger partial charge in [-0.3, -0.25) is 9.78 Å². The van der Waals surface area contributed by atoms with Crippen LogP contribution in [0.1, 0.15) is 42.0 Å². The van der Waals surface area contributed by atoms with Crippen LogP contribution < -0.4 is 10.2 Å². The van der Waals surface area contributed by atoms with Crippen molar-refractivity contribution in [2.45, 2.75) is 33.2 Å². The lowest BCUT2D eigenvalue weighted by Gasteiger charge is -2.35. The number of benzene rings is 1. The van der Waals surface area contributed by atoms with Gasteiger partial charge in [0.05, 0.1) is 0 Å². The van der Waals surface area contributed by atoms with Crippen molar-refractivity contribution in [1.82, 2.24) is 15.3 Å². The van der Waals surface area contributed by atoms with Gasteiger partial charge in [0, 0.05) is 48.7 Å². The standard InChI is InChI=1S/C26H30N4O/c1-18(2)16-21-17-30(15-14-28-21)24-12-11-23(20-8-5-4-6-9-20)25(29-24)26(31)22-10-7-13-27-19(22)3/h4-13,18,21,28H,14-17H2,1-3H3/t21-/m0/s1. The second-order valence-corrected chi connectivity index (χ2v) is 8.62. The maximum absolute atomic E-state index is 13.6. The molecule has 1 N–H and O–H groups in total. The Bertz CT molecular complexity index is 1050. The molecular weight excluding hydrogens is 384 g/mol. The van der Waals surface area contributed by atoms with E-state index >= 15 is 0 Å². The van der Waals surface area contributed by atoms with Crippen molar-refractivity contribution in [3.63, 3.8) is 0 Å². The zero-order chi connectivity index (χ0) is 21.8. The number of ketones is 1. The molecule has 1 aliphatic heterocycles. The molecule has 1 fully saturated rings. The fraction of sp³-hybridized carbons (Fsp3) is 0.346. The second kappa shape index (κ2) is 9.40. The zero-order valence-electron chi connectivity index (χ0n) is 18.5. The molecule has 1 atom stereocenters. The molecule has 0 spiro atoms. The van der Waals surface area contributed by atoms with Crippen molar-refractivity contribution in [2.24, 2.45) is 5.92 Å². The molecule has 2 aromatic heterocycles. The summed E-state index contributed by atoms with van der Waals surface area (Å²) < 4.78 is 0. The van der Waals surface area contributed by atoms with Crippen LogP contribution in [0.25, 0.3) is 11.1 Å². The van der Waals surface area contributed by atoms with Crippen molar-refractivity contribution < 1.29 is 4.79 Å². The molecule has 1 aromatic carbocycles. The Kier molecular flexibility index (Phi) is 6.42. The molecule has 0 amide bonds. The summed E-state index contributed by atoms with van der Waals surface area (Å²) in [5.74, 6) is 1.41. The average Bonchev–Trinajstić information content (AvgIpc) is 2.79. The summed E-state index contributed by atoms with van der Waals surface area (Å²) >= 11 is 0. The monoisotopic (exact) mass is 414 g/mol. The molecule has 5 nitrogen and oxygen atoms in total. The minimum Gasteiger partial charge on any atom is -0.354 e. The number of piperazine rings is 1. The smallest absolute Gasteiger partial charge is 0.213 e. The Labute approximate surface area is 184 Å². The van der Waals surface area contributed by atoms with E-state index in [1.807, 2.05) is 55.5 Å². The number of aryl methyl sites for hydroxylation is 1. The Balaban J connectivity index is 1.74. The summed E-state index contributed by atoms with van der Waals surface area (Å²) in [5.41, 5.74) is 3.65. The van der Waals surface area contributed by atoms with E-state index in [0.717, 1.165) is 48.7 Å². The zero-order valence-corrected chi connectivity index (χ0v) is 18.5. The summed E-state index contributed by atoms with van der Waals surface area (Å²) in [4.78, 5) is 25.1. The molecule has 31 heavy (non-hydrogen) atoms. The van der Waals surface area contributed by atoms with E-state index in [9.17, 15) is 4.79 Å². The highest BCUT2D eigenvalue weighted by Crippen LogP contribution is 2.28. The SMILES string of the molecule is Cc1ncccc1C(=O)c1nc(N2CCN[C@@H](CC(C)C)C2)ccc1-c1ccccc1. The highest BCUT2D eigenvalue weighted by molar-refractivity contribution is 6.12. The largest absolute Gasteiger partial charge is 0.354 e. The maximum Gasteiger partial charge on any atom is 0.213 e. The summed E-state index contributed by atoms with van der Waals surface area (Å²) in [6.45, 7) is 9.07. The van der Waals surface area contributed by atoms with Gasteiger partial charge >= 0.3 is 0 Å². The van der Waals surface area contributed by atoms with Gasteiger partial charge in [-0.2, -0.15) is 0 Å². The highest BCUT2D eigenvalue weighted by atomic mass is 16.1. The first-order valence-electron chi connectivity index (χ1n) is 11.0. The number of aromatic nitrogens is 2. The number of pyridine rings is 2. The van der Waals surface area contributed by atoms with Crippen LogP contribution in [0.2, 0.25) is 0 Å². The lowest BCUT2D eigenvalue weighted by atomic mass is 9.97. The van der Waals surface area contributed by atoms with E-state index in [4.69, 9.17) is 4.98 Å². The van der Waals surface area contributed by atoms with Crippen molar-refractivity contribution in [3.8, 4) is 11.1 Å². The van der Waals surface area contributed by atoms with Crippen LogP contribution in [-0.4, -0.2) is 41.4 Å². The quantitative estimate of drug-likeness (QED) is 0.602. The van der Waals surface area contributed by atoms with Crippen LogP contribution >= 0.6 is 0 Å². The molecule has 0 saturated carbocycles. The fourth-order valence-electron chi connectivity index (χ4n) is 4.26.